The number of benzene rings is 3. The van der Waals surface area contributed by atoms with Crippen molar-refractivity contribution >= 4 is 57.0 Å². The molecule has 0 atom stereocenters. The first-order valence-corrected chi connectivity index (χ1v) is 10.8. The van der Waals surface area contributed by atoms with Crippen molar-refractivity contribution in [1.29, 1.82) is 0 Å². The lowest BCUT2D eigenvalue weighted by molar-refractivity contribution is -0.113. The Morgan fingerprint density at radius 2 is 1.84 bits per heavy atom. The van der Waals surface area contributed by atoms with Crippen LogP contribution in [0.3, 0.4) is 0 Å². The van der Waals surface area contributed by atoms with Crippen LogP contribution in [0.15, 0.2) is 82.5 Å². The SMILES string of the molecule is O=C(CSc1ncnc2ccccc12)Nc1ccccc1-c1nc2cc(Cl)ccc2o1. The lowest BCUT2D eigenvalue weighted by Gasteiger charge is -2.09. The molecule has 3 aromatic carbocycles. The molecule has 1 amide bonds. The van der Waals surface area contributed by atoms with Gasteiger partial charge < -0.3 is 9.73 Å². The minimum atomic E-state index is -0.153. The van der Waals surface area contributed by atoms with Gasteiger partial charge >= 0.3 is 0 Å². The van der Waals surface area contributed by atoms with Crippen LogP contribution in [0.4, 0.5) is 5.69 Å². The largest absolute Gasteiger partial charge is 0.436 e. The topological polar surface area (TPSA) is 80.9 Å². The van der Waals surface area contributed by atoms with Gasteiger partial charge in [-0.3, -0.25) is 4.79 Å². The molecule has 152 valence electrons. The monoisotopic (exact) mass is 446 g/mol. The van der Waals surface area contributed by atoms with Gasteiger partial charge in [0, 0.05) is 10.4 Å². The van der Waals surface area contributed by atoms with E-state index in [1.54, 1.807) is 18.2 Å². The van der Waals surface area contributed by atoms with Gasteiger partial charge in [0.15, 0.2) is 5.58 Å². The predicted molar refractivity (Wildman–Crippen MR) is 123 cm³/mol. The molecule has 31 heavy (non-hydrogen) atoms. The molecular formula is C23H15ClN4O2S. The molecule has 0 aliphatic heterocycles. The van der Waals surface area contributed by atoms with Gasteiger partial charge in [-0.1, -0.05) is 53.7 Å². The number of fused-ring (bicyclic) bond motifs is 2. The summed E-state index contributed by atoms with van der Waals surface area (Å²) >= 11 is 7.41. The van der Waals surface area contributed by atoms with Gasteiger partial charge in [0.25, 0.3) is 0 Å². The lowest BCUT2D eigenvalue weighted by atomic mass is 10.2. The number of aromatic nitrogens is 3. The lowest BCUT2D eigenvalue weighted by Crippen LogP contribution is -2.14. The second kappa shape index (κ2) is 8.37. The van der Waals surface area contributed by atoms with Crippen LogP contribution in [-0.4, -0.2) is 26.6 Å². The molecule has 0 aliphatic carbocycles. The average Bonchev–Trinajstić information content (AvgIpc) is 3.21. The van der Waals surface area contributed by atoms with Crippen molar-refractivity contribution in [3.63, 3.8) is 0 Å². The van der Waals surface area contributed by atoms with Gasteiger partial charge in [-0.15, -0.1) is 0 Å². The van der Waals surface area contributed by atoms with Crippen LogP contribution in [0.1, 0.15) is 0 Å². The maximum atomic E-state index is 12.7. The molecule has 1 N–H and O–H groups in total. The third-order valence-electron chi connectivity index (χ3n) is 4.63. The zero-order valence-corrected chi connectivity index (χ0v) is 17.7. The van der Waals surface area contributed by atoms with Crippen LogP contribution in [0.2, 0.25) is 5.02 Å². The second-order valence-corrected chi connectivity index (χ2v) is 8.11. The first-order chi connectivity index (χ1) is 15.2. The number of thioether (sulfide) groups is 1. The molecule has 0 aliphatic rings. The van der Waals surface area contributed by atoms with Gasteiger partial charge in [0.2, 0.25) is 11.8 Å². The zero-order valence-electron chi connectivity index (χ0n) is 16.1. The number of hydrogen-bond acceptors (Lipinski definition) is 6. The highest BCUT2D eigenvalue weighted by molar-refractivity contribution is 8.00. The van der Waals surface area contributed by atoms with E-state index in [-0.39, 0.29) is 11.7 Å². The van der Waals surface area contributed by atoms with Crippen molar-refractivity contribution in [2.75, 3.05) is 11.1 Å². The highest BCUT2D eigenvalue weighted by atomic mass is 35.5. The van der Waals surface area contributed by atoms with E-state index in [0.717, 1.165) is 15.9 Å². The summed E-state index contributed by atoms with van der Waals surface area (Å²) in [7, 11) is 0. The van der Waals surface area contributed by atoms with Crippen LogP contribution >= 0.6 is 23.4 Å². The number of amides is 1. The standard InChI is InChI=1S/C23H15ClN4O2S/c24-14-9-10-20-19(11-14)28-22(30-20)15-5-1-4-8-18(15)27-21(29)12-31-23-16-6-2-3-7-17(16)25-13-26-23/h1-11,13H,12H2,(H,27,29). The van der Waals surface area contributed by atoms with Crippen molar-refractivity contribution in [2.24, 2.45) is 0 Å². The molecule has 0 unspecified atom stereocenters. The zero-order chi connectivity index (χ0) is 21.2. The molecule has 0 saturated heterocycles. The normalized spacial score (nSPS) is 11.1. The smallest absolute Gasteiger partial charge is 0.234 e. The number of oxazole rings is 1. The Kier molecular flexibility index (Phi) is 5.28. The Balaban J connectivity index is 1.36. The van der Waals surface area contributed by atoms with E-state index in [2.05, 4.69) is 20.3 Å². The molecule has 5 aromatic rings. The van der Waals surface area contributed by atoms with Crippen LogP contribution in [0.25, 0.3) is 33.5 Å². The predicted octanol–water partition coefficient (Wildman–Crippen LogP) is 5.82. The second-order valence-electron chi connectivity index (χ2n) is 6.71. The van der Waals surface area contributed by atoms with Crippen LogP contribution in [-0.2, 0) is 4.79 Å². The minimum absolute atomic E-state index is 0.153. The molecule has 0 bridgehead atoms. The third kappa shape index (κ3) is 4.10. The molecule has 2 heterocycles. The summed E-state index contributed by atoms with van der Waals surface area (Å²) in [6.45, 7) is 0. The van der Waals surface area contributed by atoms with Crippen molar-refractivity contribution in [2.45, 2.75) is 5.03 Å². The Hall–Kier alpha value is -3.42. The van der Waals surface area contributed by atoms with E-state index in [1.165, 1.54) is 18.1 Å². The van der Waals surface area contributed by atoms with E-state index < -0.39 is 0 Å². The number of rotatable bonds is 5. The van der Waals surface area contributed by atoms with Crippen molar-refractivity contribution in [3.05, 3.63) is 78.1 Å². The summed E-state index contributed by atoms with van der Waals surface area (Å²) in [6.07, 6.45) is 1.51. The fourth-order valence-corrected chi connectivity index (χ4v) is 4.17. The fourth-order valence-electron chi connectivity index (χ4n) is 3.21. The number of nitrogens with zero attached hydrogens (tertiary/aromatic N) is 3. The number of carbonyl (C=O) groups excluding carboxylic acids is 1. The molecule has 8 heteroatoms. The number of nitrogens with one attached hydrogen (secondary N) is 1. The third-order valence-corrected chi connectivity index (χ3v) is 5.87. The van der Waals surface area contributed by atoms with Gasteiger partial charge in [0.1, 0.15) is 16.9 Å². The summed E-state index contributed by atoms with van der Waals surface area (Å²) in [6, 6.07) is 20.4. The van der Waals surface area contributed by atoms with E-state index in [0.29, 0.717) is 33.3 Å². The number of carbonyl (C=O) groups is 1. The van der Waals surface area contributed by atoms with Crippen LogP contribution < -0.4 is 5.32 Å². The molecule has 0 saturated carbocycles. The van der Waals surface area contributed by atoms with E-state index in [4.69, 9.17) is 16.0 Å². The van der Waals surface area contributed by atoms with Gasteiger partial charge in [0.05, 0.1) is 22.5 Å². The molecule has 5 rings (SSSR count). The Morgan fingerprint density at radius 1 is 1.00 bits per heavy atom. The first kappa shape index (κ1) is 19.5. The minimum Gasteiger partial charge on any atom is -0.436 e. The van der Waals surface area contributed by atoms with Crippen molar-refractivity contribution in [3.8, 4) is 11.5 Å². The molecule has 2 aromatic heterocycles. The van der Waals surface area contributed by atoms with E-state index in [9.17, 15) is 4.79 Å². The van der Waals surface area contributed by atoms with Crippen LogP contribution in [0, 0.1) is 0 Å². The summed E-state index contributed by atoms with van der Waals surface area (Å²) < 4.78 is 5.87. The van der Waals surface area contributed by atoms with Gasteiger partial charge in [-0.05, 0) is 36.4 Å². The Labute approximate surface area is 186 Å². The van der Waals surface area contributed by atoms with Gasteiger partial charge in [-0.25, -0.2) is 15.0 Å². The van der Waals surface area contributed by atoms with Crippen molar-refractivity contribution < 1.29 is 9.21 Å². The highest BCUT2D eigenvalue weighted by Gasteiger charge is 2.15. The molecule has 0 spiro atoms. The maximum Gasteiger partial charge on any atom is 0.234 e. The van der Waals surface area contributed by atoms with E-state index >= 15 is 0 Å². The summed E-state index contributed by atoms with van der Waals surface area (Å²) in [5.74, 6) is 0.473. The molecule has 0 radical (unpaired) electrons. The number of hydrogen-bond donors (Lipinski definition) is 1. The Morgan fingerprint density at radius 3 is 2.77 bits per heavy atom. The number of para-hydroxylation sites is 2. The quantitative estimate of drug-likeness (QED) is 0.270. The Bertz CT molecular complexity index is 1410. The highest BCUT2D eigenvalue weighted by Crippen LogP contribution is 2.31. The summed E-state index contributed by atoms with van der Waals surface area (Å²) in [5.41, 5.74) is 3.46. The van der Waals surface area contributed by atoms with Gasteiger partial charge in [-0.2, -0.15) is 0 Å². The van der Waals surface area contributed by atoms with Crippen molar-refractivity contribution in [1.82, 2.24) is 15.0 Å². The van der Waals surface area contributed by atoms with Crippen LogP contribution in [0.5, 0.6) is 0 Å². The molecule has 6 nitrogen and oxygen atoms in total. The number of halogens is 1. The summed E-state index contributed by atoms with van der Waals surface area (Å²) in [5, 5.41) is 5.23. The molecule has 0 fully saturated rings. The fraction of sp³-hybridized carbons (Fsp3) is 0.0435. The van der Waals surface area contributed by atoms with E-state index in [1.807, 2.05) is 48.5 Å². The summed E-state index contributed by atoms with van der Waals surface area (Å²) in [4.78, 5) is 25.8. The first-order valence-electron chi connectivity index (χ1n) is 9.45. The number of anilines is 1. The molecular weight excluding hydrogens is 432 g/mol. The average molecular weight is 447 g/mol. The maximum absolute atomic E-state index is 12.7.